The number of likely N-dealkylation sites (tertiary alicyclic amines) is 1. The van der Waals surface area contributed by atoms with Gasteiger partial charge >= 0.3 is 0 Å². The number of primary amides is 1. The third-order valence-corrected chi connectivity index (χ3v) is 2.38. The highest BCUT2D eigenvalue weighted by atomic mass is 16.1. The number of hydrogen-bond donors (Lipinski definition) is 2. The van der Waals surface area contributed by atoms with Gasteiger partial charge in [0.05, 0.1) is 0 Å². The van der Waals surface area contributed by atoms with Crippen LogP contribution in [0, 0.1) is 0 Å². The van der Waals surface area contributed by atoms with Gasteiger partial charge in [-0.2, -0.15) is 0 Å². The Morgan fingerprint density at radius 3 is 2.55 bits per heavy atom. The second-order valence-corrected chi connectivity index (χ2v) is 3.00. The molecule has 3 N–H and O–H groups in total. The van der Waals surface area contributed by atoms with Gasteiger partial charge < -0.3 is 11.1 Å². The van der Waals surface area contributed by atoms with Crippen molar-refractivity contribution in [2.24, 2.45) is 5.73 Å². The van der Waals surface area contributed by atoms with Crippen molar-refractivity contribution in [1.29, 1.82) is 0 Å². The second kappa shape index (κ2) is 2.79. The van der Waals surface area contributed by atoms with Crippen molar-refractivity contribution < 1.29 is 4.79 Å². The van der Waals surface area contributed by atoms with Gasteiger partial charge in [-0.1, -0.05) is 6.92 Å². The zero-order valence-electron chi connectivity index (χ0n) is 7.05. The van der Waals surface area contributed by atoms with E-state index < -0.39 is 5.54 Å². The fourth-order valence-electron chi connectivity index (χ4n) is 1.38. The molecule has 1 heterocycles. The van der Waals surface area contributed by atoms with Crippen LogP contribution in [0.5, 0.6) is 0 Å². The molecule has 0 aromatic heterocycles. The molecule has 1 rings (SSSR count). The molecule has 1 aliphatic heterocycles. The molecule has 0 unspecified atom stereocenters. The number of carbonyl (C=O) groups is 1. The molecular formula is C7H15N3O. The number of carbonyl (C=O) groups excluding carboxylic acids is 1. The molecule has 1 saturated heterocycles. The van der Waals surface area contributed by atoms with Crippen molar-refractivity contribution >= 4 is 5.91 Å². The first kappa shape index (κ1) is 8.49. The molecule has 4 heteroatoms. The summed E-state index contributed by atoms with van der Waals surface area (Å²) in [4.78, 5) is 13.1. The predicted octanol–water partition coefficient (Wildman–Crippen LogP) is -1.23. The lowest BCUT2D eigenvalue weighted by Crippen LogP contribution is -2.73. The molecule has 0 bridgehead atoms. The SMILES string of the molecule is CCN1CC(NC)(C(N)=O)C1. The van der Waals surface area contributed by atoms with E-state index >= 15 is 0 Å². The number of rotatable bonds is 3. The van der Waals surface area contributed by atoms with Crippen molar-refractivity contribution in [2.45, 2.75) is 12.5 Å². The Labute approximate surface area is 66.7 Å². The van der Waals surface area contributed by atoms with Crippen LogP contribution in [-0.2, 0) is 4.79 Å². The van der Waals surface area contributed by atoms with Crippen molar-refractivity contribution in [1.82, 2.24) is 10.2 Å². The molecule has 64 valence electrons. The average Bonchev–Trinajstić information content (AvgIpc) is 1.86. The molecule has 0 aromatic carbocycles. The first-order chi connectivity index (χ1) is 5.14. The molecule has 1 amide bonds. The summed E-state index contributed by atoms with van der Waals surface area (Å²) in [5, 5.41) is 2.96. The van der Waals surface area contributed by atoms with E-state index in [-0.39, 0.29) is 5.91 Å². The third-order valence-electron chi connectivity index (χ3n) is 2.38. The van der Waals surface area contributed by atoms with Crippen LogP contribution in [0.2, 0.25) is 0 Å². The van der Waals surface area contributed by atoms with E-state index in [0.717, 1.165) is 19.6 Å². The Balaban J connectivity index is 2.50. The summed E-state index contributed by atoms with van der Waals surface area (Å²) >= 11 is 0. The standard InChI is InChI=1S/C7H15N3O/c1-3-10-4-7(5-10,9-2)6(8)11/h9H,3-5H2,1-2H3,(H2,8,11). The van der Waals surface area contributed by atoms with Crippen molar-refractivity contribution in [3.8, 4) is 0 Å². The maximum absolute atomic E-state index is 10.9. The monoisotopic (exact) mass is 157 g/mol. The van der Waals surface area contributed by atoms with Crippen LogP contribution in [0.4, 0.5) is 0 Å². The van der Waals surface area contributed by atoms with E-state index in [0.29, 0.717) is 0 Å². The average molecular weight is 157 g/mol. The first-order valence-electron chi connectivity index (χ1n) is 3.86. The lowest BCUT2D eigenvalue weighted by atomic mass is 9.89. The molecule has 0 spiro atoms. The predicted molar refractivity (Wildman–Crippen MR) is 43.1 cm³/mol. The highest BCUT2D eigenvalue weighted by Gasteiger charge is 2.45. The molecule has 0 saturated carbocycles. The Morgan fingerprint density at radius 2 is 2.27 bits per heavy atom. The number of nitrogens with zero attached hydrogens (tertiary/aromatic N) is 1. The number of nitrogens with two attached hydrogens (primary N) is 1. The molecule has 0 radical (unpaired) electrons. The fourth-order valence-corrected chi connectivity index (χ4v) is 1.38. The van der Waals surface area contributed by atoms with E-state index in [4.69, 9.17) is 5.73 Å². The molecule has 1 aliphatic rings. The molecule has 11 heavy (non-hydrogen) atoms. The van der Waals surface area contributed by atoms with Gasteiger partial charge in [0, 0.05) is 13.1 Å². The van der Waals surface area contributed by atoms with E-state index in [1.54, 1.807) is 7.05 Å². The minimum atomic E-state index is -0.448. The molecule has 0 aliphatic carbocycles. The summed E-state index contributed by atoms with van der Waals surface area (Å²) in [6, 6.07) is 0. The van der Waals surface area contributed by atoms with Gasteiger partial charge in [-0.05, 0) is 13.6 Å². The van der Waals surface area contributed by atoms with Crippen LogP contribution in [0.15, 0.2) is 0 Å². The smallest absolute Gasteiger partial charge is 0.240 e. The minimum absolute atomic E-state index is 0.246. The van der Waals surface area contributed by atoms with Gasteiger partial charge in [-0.25, -0.2) is 0 Å². The highest BCUT2D eigenvalue weighted by Crippen LogP contribution is 2.18. The van der Waals surface area contributed by atoms with Crippen LogP contribution in [-0.4, -0.2) is 43.0 Å². The van der Waals surface area contributed by atoms with Crippen LogP contribution in [0.3, 0.4) is 0 Å². The van der Waals surface area contributed by atoms with E-state index in [1.807, 2.05) is 0 Å². The fraction of sp³-hybridized carbons (Fsp3) is 0.857. The van der Waals surface area contributed by atoms with Gasteiger partial charge in [-0.3, -0.25) is 9.69 Å². The third kappa shape index (κ3) is 1.23. The Hall–Kier alpha value is -0.610. The van der Waals surface area contributed by atoms with Crippen LogP contribution >= 0.6 is 0 Å². The summed E-state index contributed by atoms with van der Waals surface area (Å²) in [7, 11) is 1.78. The number of hydrogen-bond acceptors (Lipinski definition) is 3. The molecule has 0 aromatic rings. The lowest BCUT2D eigenvalue weighted by Gasteiger charge is -2.47. The first-order valence-corrected chi connectivity index (χ1v) is 3.86. The summed E-state index contributed by atoms with van der Waals surface area (Å²) in [5.74, 6) is -0.246. The Bertz CT molecular complexity index is 163. The summed E-state index contributed by atoms with van der Waals surface area (Å²) in [6.45, 7) is 4.54. The minimum Gasteiger partial charge on any atom is -0.368 e. The van der Waals surface area contributed by atoms with Crippen LogP contribution < -0.4 is 11.1 Å². The zero-order chi connectivity index (χ0) is 8.48. The Morgan fingerprint density at radius 1 is 1.73 bits per heavy atom. The van der Waals surface area contributed by atoms with Crippen LogP contribution in [0.1, 0.15) is 6.92 Å². The van der Waals surface area contributed by atoms with Gasteiger partial charge in [0.15, 0.2) is 0 Å². The molecular weight excluding hydrogens is 142 g/mol. The summed E-state index contributed by atoms with van der Waals surface area (Å²) in [6.07, 6.45) is 0. The van der Waals surface area contributed by atoms with Crippen molar-refractivity contribution in [3.05, 3.63) is 0 Å². The second-order valence-electron chi connectivity index (χ2n) is 3.00. The molecule has 0 atom stereocenters. The van der Waals surface area contributed by atoms with Gasteiger partial charge in [0.25, 0.3) is 0 Å². The number of likely N-dealkylation sites (N-methyl/N-ethyl adjacent to an activating group) is 2. The molecule has 1 fully saturated rings. The number of nitrogens with one attached hydrogen (secondary N) is 1. The van der Waals surface area contributed by atoms with E-state index in [1.165, 1.54) is 0 Å². The highest BCUT2D eigenvalue weighted by molar-refractivity contribution is 5.86. The molecule has 4 nitrogen and oxygen atoms in total. The maximum atomic E-state index is 10.9. The van der Waals surface area contributed by atoms with E-state index in [9.17, 15) is 4.79 Å². The van der Waals surface area contributed by atoms with Gasteiger partial charge in [0.2, 0.25) is 5.91 Å². The summed E-state index contributed by atoms with van der Waals surface area (Å²) in [5.41, 5.74) is 4.78. The normalized spacial score (nSPS) is 22.7. The zero-order valence-corrected chi connectivity index (χ0v) is 7.05. The lowest BCUT2D eigenvalue weighted by molar-refractivity contribution is -0.131. The van der Waals surface area contributed by atoms with Gasteiger partial charge in [0.1, 0.15) is 5.54 Å². The van der Waals surface area contributed by atoms with Crippen molar-refractivity contribution in [3.63, 3.8) is 0 Å². The topological polar surface area (TPSA) is 58.4 Å². The van der Waals surface area contributed by atoms with Crippen LogP contribution in [0.25, 0.3) is 0 Å². The Kier molecular flexibility index (Phi) is 2.15. The maximum Gasteiger partial charge on any atom is 0.240 e. The van der Waals surface area contributed by atoms with Gasteiger partial charge in [-0.15, -0.1) is 0 Å². The summed E-state index contributed by atoms with van der Waals surface area (Å²) < 4.78 is 0. The van der Waals surface area contributed by atoms with Crippen molar-refractivity contribution in [2.75, 3.05) is 26.7 Å². The van der Waals surface area contributed by atoms with E-state index in [2.05, 4.69) is 17.1 Å². The number of amides is 1. The quantitative estimate of drug-likeness (QED) is 0.539. The largest absolute Gasteiger partial charge is 0.368 e.